The zero-order chi connectivity index (χ0) is 15.6. The highest BCUT2D eigenvalue weighted by atomic mass is 15.1. The van der Waals surface area contributed by atoms with Crippen molar-refractivity contribution in [2.75, 3.05) is 5.32 Å². The quantitative estimate of drug-likeness (QED) is 0.607. The normalized spacial score (nSPS) is 11.0. The van der Waals surface area contributed by atoms with Gasteiger partial charge in [-0.2, -0.15) is 5.10 Å². The molecule has 6 nitrogen and oxygen atoms in total. The highest BCUT2D eigenvalue weighted by Crippen LogP contribution is 2.25. The maximum Gasteiger partial charge on any atom is 0.141 e. The number of hydrogen-bond acceptors (Lipinski definition) is 4. The second kappa shape index (κ2) is 5.57. The molecule has 0 aliphatic rings. The SMILES string of the molecule is Cc1n[nH]c2ccnc(Nc3cccc(Cn4ccnc4)c3)c12. The minimum Gasteiger partial charge on any atom is -0.340 e. The Morgan fingerprint density at radius 3 is 3.04 bits per heavy atom. The first kappa shape index (κ1) is 13.5. The van der Waals surface area contributed by atoms with Crippen molar-refractivity contribution >= 4 is 22.4 Å². The Labute approximate surface area is 133 Å². The maximum atomic E-state index is 4.45. The minimum absolute atomic E-state index is 0.790. The van der Waals surface area contributed by atoms with Crippen LogP contribution in [0.2, 0.25) is 0 Å². The van der Waals surface area contributed by atoms with Gasteiger partial charge in [0.1, 0.15) is 5.82 Å². The fourth-order valence-corrected chi connectivity index (χ4v) is 2.69. The smallest absolute Gasteiger partial charge is 0.141 e. The van der Waals surface area contributed by atoms with Gasteiger partial charge in [0.2, 0.25) is 0 Å². The molecule has 1 aromatic carbocycles. The molecule has 114 valence electrons. The molecule has 23 heavy (non-hydrogen) atoms. The Balaban J connectivity index is 1.64. The third kappa shape index (κ3) is 2.66. The van der Waals surface area contributed by atoms with Crippen molar-refractivity contribution in [2.24, 2.45) is 0 Å². The number of anilines is 2. The monoisotopic (exact) mass is 304 g/mol. The second-order valence-corrected chi connectivity index (χ2v) is 5.45. The van der Waals surface area contributed by atoms with Gasteiger partial charge in [-0.25, -0.2) is 9.97 Å². The van der Waals surface area contributed by atoms with Gasteiger partial charge in [0.15, 0.2) is 0 Å². The number of aromatic nitrogens is 5. The summed E-state index contributed by atoms with van der Waals surface area (Å²) in [4.78, 5) is 8.53. The number of nitrogens with one attached hydrogen (secondary N) is 2. The van der Waals surface area contributed by atoms with Gasteiger partial charge in [-0.1, -0.05) is 12.1 Å². The van der Waals surface area contributed by atoms with Crippen LogP contribution in [-0.4, -0.2) is 24.7 Å². The zero-order valence-electron chi connectivity index (χ0n) is 12.7. The van der Waals surface area contributed by atoms with Crippen molar-refractivity contribution in [3.05, 3.63) is 66.5 Å². The van der Waals surface area contributed by atoms with E-state index in [1.54, 1.807) is 12.4 Å². The van der Waals surface area contributed by atoms with E-state index in [1.165, 1.54) is 5.56 Å². The molecule has 6 heteroatoms. The summed E-state index contributed by atoms with van der Waals surface area (Å²) in [7, 11) is 0. The summed E-state index contributed by atoms with van der Waals surface area (Å²) in [5.74, 6) is 0.813. The average Bonchev–Trinajstić information content (AvgIpc) is 3.19. The van der Waals surface area contributed by atoms with Crippen LogP contribution in [0.1, 0.15) is 11.3 Å². The number of nitrogens with zero attached hydrogens (tertiary/aromatic N) is 4. The lowest BCUT2D eigenvalue weighted by atomic mass is 10.2. The highest BCUT2D eigenvalue weighted by Gasteiger charge is 2.08. The van der Waals surface area contributed by atoms with E-state index in [-0.39, 0.29) is 0 Å². The number of hydrogen-bond donors (Lipinski definition) is 2. The summed E-state index contributed by atoms with van der Waals surface area (Å²) in [6.45, 7) is 2.76. The molecule has 4 aromatic rings. The Hall–Kier alpha value is -3.15. The molecule has 0 atom stereocenters. The molecule has 0 amide bonds. The molecule has 0 aliphatic heterocycles. The molecule has 0 fully saturated rings. The summed E-state index contributed by atoms with van der Waals surface area (Å²) in [6.07, 6.45) is 7.33. The first-order valence-corrected chi connectivity index (χ1v) is 7.41. The largest absolute Gasteiger partial charge is 0.340 e. The number of aromatic amines is 1. The number of pyridine rings is 1. The summed E-state index contributed by atoms with van der Waals surface area (Å²) in [5.41, 5.74) is 4.12. The fourth-order valence-electron chi connectivity index (χ4n) is 2.69. The first-order chi connectivity index (χ1) is 11.3. The molecule has 4 rings (SSSR count). The van der Waals surface area contributed by atoms with Gasteiger partial charge in [0.05, 0.1) is 22.9 Å². The minimum atomic E-state index is 0.790. The number of fused-ring (bicyclic) bond motifs is 1. The molecule has 0 bridgehead atoms. The van der Waals surface area contributed by atoms with Crippen molar-refractivity contribution < 1.29 is 0 Å². The van der Waals surface area contributed by atoms with Crippen LogP contribution in [-0.2, 0) is 6.54 Å². The molecular weight excluding hydrogens is 288 g/mol. The number of H-pyrrole nitrogens is 1. The van der Waals surface area contributed by atoms with Crippen molar-refractivity contribution in [2.45, 2.75) is 13.5 Å². The van der Waals surface area contributed by atoms with Gasteiger partial charge in [-0.3, -0.25) is 5.10 Å². The third-order valence-electron chi connectivity index (χ3n) is 3.77. The van der Waals surface area contributed by atoms with Crippen molar-refractivity contribution in [3.8, 4) is 0 Å². The summed E-state index contributed by atoms with van der Waals surface area (Å²) < 4.78 is 2.04. The van der Waals surface area contributed by atoms with E-state index < -0.39 is 0 Å². The van der Waals surface area contributed by atoms with Gasteiger partial charge in [-0.15, -0.1) is 0 Å². The van der Waals surface area contributed by atoms with Crippen LogP contribution >= 0.6 is 0 Å². The van der Waals surface area contributed by atoms with E-state index in [4.69, 9.17) is 0 Å². The van der Waals surface area contributed by atoms with Crippen LogP contribution in [0.25, 0.3) is 10.9 Å². The van der Waals surface area contributed by atoms with Crippen LogP contribution in [0.3, 0.4) is 0 Å². The molecule has 2 N–H and O–H groups in total. The van der Waals surface area contributed by atoms with E-state index in [0.717, 1.165) is 34.6 Å². The van der Waals surface area contributed by atoms with Crippen LogP contribution < -0.4 is 5.32 Å². The van der Waals surface area contributed by atoms with E-state index in [9.17, 15) is 0 Å². The van der Waals surface area contributed by atoms with E-state index in [2.05, 4.69) is 37.6 Å². The molecule has 0 saturated heterocycles. The maximum absolute atomic E-state index is 4.45. The van der Waals surface area contributed by atoms with Crippen LogP contribution in [0.15, 0.2) is 55.2 Å². The van der Waals surface area contributed by atoms with Crippen LogP contribution in [0.5, 0.6) is 0 Å². The number of benzene rings is 1. The standard InChI is InChI=1S/C17H16N6/c1-12-16-15(22-21-12)5-6-19-17(16)20-14-4-2-3-13(9-14)10-23-8-7-18-11-23/h2-9,11H,10H2,1H3,(H,19,20)(H,21,22). The molecule has 0 unspecified atom stereocenters. The number of rotatable bonds is 4. The number of imidazole rings is 1. The molecule has 0 radical (unpaired) electrons. The second-order valence-electron chi connectivity index (χ2n) is 5.45. The van der Waals surface area contributed by atoms with E-state index in [1.807, 2.05) is 42.2 Å². The summed E-state index contributed by atoms with van der Waals surface area (Å²) in [5, 5.41) is 11.7. The molecular formula is C17H16N6. The molecule has 0 aliphatic carbocycles. The van der Waals surface area contributed by atoms with E-state index in [0.29, 0.717) is 0 Å². The van der Waals surface area contributed by atoms with Crippen molar-refractivity contribution in [1.29, 1.82) is 0 Å². The predicted octanol–water partition coefficient (Wildman–Crippen LogP) is 3.25. The number of aryl methyl sites for hydroxylation is 1. The van der Waals surface area contributed by atoms with Gasteiger partial charge in [-0.05, 0) is 30.7 Å². The average molecular weight is 304 g/mol. The fraction of sp³-hybridized carbons (Fsp3) is 0.118. The highest BCUT2D eigenvalue weighted by molar-refractivity contribution is 5.92. The third-order valence-corrected chi connectivity index (χ3v) is 3.77. The molecule has 0 saturated carbocycles. The Morgan fingerprint density at radius 2 is 2.17 bits per heavy atom. The van der Waals surface area contributed by atoms with Crippen molar-refractivity contribution in [3.63, 3.8) is 0 Å². The lowest BCUT2D eigenvalue weighted by Crippen LogP contribution is -1.99. The summed E-state index contributed by atoms with van der Waals surface area (Å²) >= 11 is 0. The Bertz CT molecular complexity index is 939. The van der Waals surface area contributed by atoms with Crippen LogP contribution in [0.4, 0.5) is 11.5 Å². The van der Waals surface area contributed by atoms with Gasteiger partial charge >= 0.3 is 0 Å². The Kier molecular flexibility index (Phi) is 3.27. The Morgan fingerprint density at radius 1 is 1.22 bits per heavy atom. The lowest BCUT2D eigenvalue weighted by Gasteiger charge is -2.09. The molecule has 3 heterocycles. The van der Waals surface area contributed by atoms with E-state index >= 15 is 0 Å². The first-order valence-electron chi connectivity index (χ1n) is 7.41. The van der Waals surface area contributed by atoms with Gasteiger partial charge in [0.25, 0.3) is 0 Å². The predicted molar refractivity (Wildman–Crippen MR) is 89.7 cm³/mol. The molecule has 3 aromatic heterocycles. The molecule has 0 spiro atoms. The van der Waals surface area contributed by atoms with Crippen LogP contribution in [0, 0.1) is 6.92 Å². The van der Waals surface area contributed by atoms with Gasteiger partial charge in [0, 0.05) is 30.8 Å². The van der Waals surface area contributed by atoms with Gasteiger partial charge < -0.3 is 9.88 Å². The topological polar surface area (TPSA) is 71.4 Å². The zero-order valence-corrected chi connectivity index (χ0v) is 12.7. The lowest BCUT2D eigenvalue weighted by molar-refractivity contribution is 0.797. The summed E-state index contributed by atoms with van der Waals surface area (Å²) in [6, 6.07) is 10.2. The van der Waals surface area contributed by atoms with Crippen molar-refractivity contribution in [1.82, 2.24) is 24.7 Å².